The monoisotopic (exact) mass is 304 g/mol. The second kappa shape index (κ2) is 5.89. The van der Waals surface area contributed by atoms with Gasteiger partial charge >= 0.3 is 0 Å². The van der Waals surface area contributed by atoms with Crippen LogP contribution in [0.2, 0.25) is 0 Å². The maximum Gasteiger partial charge on any atom is 0.270 e. The SMILES string of the molecule is COCCN1C(=O)C(C)(C)Oc2cc3c(cc21)CCNCC3. The molecule has 0 radical (unpaired) electrons. The van der Waals surface area contributed by atoms with Crippen molar-refractivity contribution < 1.29 is 14.3 Å². The summed E-state index contributed by atoms with van der Waals surface area (Å²) in [4.78, 5) is 14.5. The predicted molar refractivity (Wildman–Crippen MR) is 85.7 cm³/mol. The minimum Gasteiger partial charge on any atom is -0.476 e. The van der Waals surface area contributed by atoms with Gasteiger partial charge in [-0.15, -0.1) is 0 Å². The van der Waals surface area contributed by atoms with Crippen molar-refractivity contribution in [2.75, 3.05) is 38.3 Å². The highest BCUT2D eigenvalue weighted by Gasteiger charge is 2.41. The quantitative estimate of drug-likeness (QED) is 0.920. The number of hydrogen-bond donors (Lipinski definition) is 1. The second-order valence-corrected chi connectivity index (χ2v) is 6.40. The molecule has 2 aliphatic heterocycles. The lowest BCUT2D eigenvalue weighted by atomic mass is 9.97. The predicted octanol–water partition coefficient (Wildman–Crippen LogP) is 1.53. The van der Waals surface area contributed by atoms with E-state index in [4.69, 9.17) is 9.47 Å². The van der Waals surface area contributed by atoms with Gasteiger partial charge in [0.05, 0.1) is 12.3 Å². The summed E-state index contributed by atoms with van der Waals surface area (Å²) in [5.74, 6) is 0.796. The van der Waals surface area contributed by atoms with Gasteiger partial charge in [0.1, 0.15) is 5.75 Å². The number of hydrogen-bond acceptors (Lipinski definition) is 4. The molecule has 0 atom stereocenters. The molecule has 5 nitrogen and oxygen atoms in total. The number of ether oxygens (including phenoxy) is 2. The van der Waals surface area contributed by atoms with E-state index in [0.717, 1.165) is 37.4 Å². The molecule has 0 fully saturated rings. The highest BCUT2D eigenvalue weighted by molar-refractivity contribution is 6.02. The first kappa shape index (κ1) is 15.3. The van der Waals surface area contributed by atoms with Crippen LogP contribution in [0.5, 0.6) is 5.75 Å². The number of benzene rings is 1. The van der Waals surface area contributed by atoms with Gasteiger partial charge in [-0.25, -0.2) is 0 Å². The van der Waals surface area contributed by atoms with Crippen LogP contribution in [0.4, 0.5) is 5.69 Å². The third-order valence-electron chi connectivity index (χ3n) is 4.36. The molecule has 1 aromatic carbocycles. The number of nitrogens with one attached hydrogen (secondary N) is 1. The first-order valence-corrected chi connectivity index (χ1v) is 7.89. The molecule has 0 aliphatic carbocycles. The highest BCUT2D eigenvalue weighted by Crippen LogP contribution is 2.40. The van der Waals surface area contributed by atoms with Crippen molar-refractivity contribution >= 4 is 11.6 Å². The Morgan fingerprint density at radius 3 is 2.64 bits per heavy atom. The Hall–Kier alpha value is -1.59. The minimum absolute atomic E-state index is 0.0104. The molecule has 0 spiro atoms. The third kappa shape index (κ3) is 2.71. The number of carbonyl (C=O) groups is 1. The largest absolute Gasteiger partial charge is 0.476 e. The smallest absolute Gasteiger partial charge is 0.270 e. The van der Waals surface area contributed by atoms with Crippen molar-refractivity contribution in [1.82, 2.24) is 5.32 Å². The van der Waals surface area contributed by atoms with Gasteiger partial charge in [-0.05, 0) is 63.0 Å². The highest BCUT2D eigenvalue weighted by atomic mass is 16.5. The Kier molecular flexibility index (Phi) is 4.10. The van der Waals surface area contributed by atoms with Crippen LogP contribution in [0.25, 0.3) is 0 Å². The molecule has 0 aromatic heterocycles. The molecule has 3 rings (SSSR count). The molecular formula is C17H24N2O3. The molecule has 1 N–H and O–H groups in total. The van der Waals surface area contributed by atoms with Crippen molar-refractivity contribution in [1.29, 1.82) is 0 Å². The number of amides is 1. The Morgan fingerprint density at radius 2 is 1.95 bits per heavy atom. The molecule has 1 amide bonds. The van der Waals surface area contributed by atoms with E-state index in [1.807, 2.05) is 13.8 Å². The zero-order valence-corrected chi connectivity index (χ0v) is 13.6. The maximum absolute atomic E-state index is 12.7. The van der Waals surface area contributed by atoms with Crippen molar-refractivity contribution in [2.45, 2.75) is 32.3 Å². The topological polar surface area (TPSA) is 50.8 Å². The molecule has 0 bridgehead atoms. The van der Waals surface area contributed by atoms with Crippen LogP contribution in [0, 0.1) is 0 Å². The van der Waals surface area contributed by atoms with Gasteiger partial charge < -0.3 is 19.7 Å². The standard InChI is InChI=1S/C17H24N2O3/c1-17(2)16(20)19(8-9-21-3)14-10-12-4-6-18-7-5-13(12)11-15(14)22-17/h10-11,18H,4-9H2,1-3H3. The van der Waals surface area contributed by atoms with Crippen molar-refractivity contribution in [3.63, 3.8) is 0 Å². The van der Waals surface area contributed by atoms with Crippen LogP contribution < -0.4 is 15.0 Å². The molecule has 0 unspecified atom stereocenters. The number of nitrogens with zero attached hydrogens (tertiary/aromatic N) is 1. The molecule has 2 aliphatic rings. The van der Waals surface area contributed by atoms with Crippen LogP contribution >= 0.6 is 0 Å². The molecule has 0 saturated carbocycles. The van der Waals surface area contributed by atoms with Crippen LogP contribution in [-0.4, -0.2) is 44.9 Å². The van der Waals surface area contributed by atoms with E-state index in [-0.39, 0.29) is 5.91 Å². The molecule has 120 valence electrons. The van der Waals surface area contributed by atoms with Crippen LogP contribution in [-0.2, 0) is 22.4 Å². The lowest BCUT2D eigenvalue weighted by molar-refractivity contribution is -0.132. The van der Waals surface area contributed by atoms with E-state index in [9.17, 15) is 4.79 Å². The fourth-order valence-corrected chi connectivity index (χ4v) is 3.14. The first-order chi connectivity index (χ1) is 10.5. The van der Waals surface area contributed by atoms with Crippen LogP contribution in [0.15, 0.2) is 12.1 Å². The van der Waals surface area contributed by atoms with E-state index in [0.29, 0.717) is 13.2 Å². The summed E-state index contributed by atoms with van der Waals surface area (Å²) < 4.78 is 11.2. The van der Waals surface area contributed by atoms with Gasteiger partial charge in [-0.1, -0.05) is 0 Å². The number of anilines is 1. The van der Waals surface area contributed by atoms with Gasteiger partial charge in [-0.2, -0.15) is 0 Å². The summed E-state index contributed by atoms with van der Waals surface area (Å²) in [7, 11) is 1.65. The minimum atomic E-state index is -0.835. The van der Waals surface area contributed by atoms with Crippen molar-refractivity contribution in [3.05, 3.63) is 23.3 Å². The average Bonchev–Trinajstić information content (AvgIpc) is 2.70. The van der Waals surface area contributed by atoms with Crippen molar-refractivity contribution in [3.8, 4) is 5.75 Å². The summed E-state index contributed by atoms with van der Waals surface area (Å²) >= 11 is 0. The Morgan fingerprint density at radius 1 is 1.27 bits per heavy atom. The molecule has 5 heteroatoms. The average molecular weight is 304 g/mol. The molecule has 1 aromatic rings. The lowest BCUT2D eigenvalue weighted by Gasteiger charge is -2.39. The van der Waals surface area contributed by atoms with Crippen molar-refractivity contribution in [2.24, 2.45) is 0 Å². The fraction of sp³-hybridized carbons (Fsp3) is 0.588. The zero-order valence-electron chi connectivity index (χ0n) is 13.6. The summed E-state index contributed by atoms with van der Waals surface area (Å²) in [5.41, 5.74) is 2.67. The summed E-state index contributed by atoms with van der Waals surface area (Å²) in [5, 5.41) is 3.41. The van der Waals surface area contributed by atoms with Gasteiger partial charge in [0, 0.05) is 13.7 Å². The lowest BCUT2D eigenvalue weighted by Crippen LogP contribution is -2.53. The van der Waals surface area contributed by atoms with Gasteiger partial charge in [0.2, 0.25) is 0 Å². The normalized spacial score (nSPS) is 20.0. The second-order valence-electron chi connectivity index (χ2n) is 6.40. The molecular weight excluding hydrogens is 280 g/mol. The number of rotatable bonds is 3. The Labute approximate surface area is 131 Å². The number of methoxy groups -OCH3 is 1. The van der Waals surface area contributed by atoms with E-state index < -0.39 is 5.60 Å². The van der Waals surface area contributed by atoms with Gasteiger partial charge in [0.15, 0.2) is 5.60 Å². The van der Waals surface area contributed by atoms with E-state index in [1.54, 1.807) is 12.0 Å². The fourth-order valence-electron chi connectivity index (χ4n) is 3.14. The zero-order chi connectivity index (χ0) is 15.7. The van der Waals surface area contributed by atoms with Gasteiger partial charge in [-0.3, -0.25) is 4.79 Å². The Bertz CT molecular complexity index is 584. The van der Waals surface area contributed by atoms with Crippen LogP contribution in [0.3, 0.4) is 0 Å². The first-order valence-electron chi connectivity index (χ1n) is 7.89. The van der Waals surface area contributed by atoms with Gasteiger partial charge in [0.25, 0.3) is 5.91 Å². The summed E-state index contributed by atoms with van der Waals surface area (Å²) in [6.45, 7) is 6.67. The summed E-state index contributed by atoms with van der Waals surface area (Å²) in [6.07, 6.45) is 1.98. The summed E-state index contributed by atoms with van der Waals surface area (Å²) in [6, 6.07) is 4.24. The molecule has 0 saturated heterocycles. The number of fused-ring (bicyclic) bond motifs is 2. The number of carbonyl (C=O) groups excluding carboxylic acids is 1. The van der Waals surface area contributed by atoms with E-state index in [2.05, 4.69) is 17.4 Å². The van der Waals surface area contributed by atoms with E-state index >= 15 is 0 Å². The maximum atomic E-state index is 12.7. The van der Waals surface area contributed by atoms with Crippen LogP contribution in [0.1, 0.15) is 25.0 Å². The van der Waals surface area contributed by atoms with E-state index in [1.165, 1.54) is 11.1 Å². The Balaban J connectivity index is 2.04. The molecule has 2 heterocycles. The molecule has 22 heavy (non-hydrogen) atoms. The third-order valence-corrected chi connectivity index (χ3v) is 4.36.